The van der Waals surface area contributed by atoms with Crippen molar-refractivity contribution in [3.8, 4) is 11.5 Å². The van der Waals surface area contributed by atoms with E-state index in [4.69, 9.17) is 9.05 Å². The number of phenols is 2. The van der Waals surface area contributed by atoms with Crippen molar-refractivity contribution in [3.05, 3.63) is 57.6 Å². The third kappa shape index (κ3) is 9.03. The van der Waals surface area contributed by atoms with Crippen LogP contribution in [0.3, 0.4) is 0 Å². The fraction of sp³-hybridized carbons (Fsp3) is 0.647. The van der Waals surface area contributed by atoms with Crippen LogP contribution in [0, 0.1) is 0 Å². The largest absolute Gasteiger partial charge is 0.697 e. The van der Waals surface area contributed by atoms with E-state index in [1.54, 1.807) is 0 Å². The maximum atomic E-state index is 12.9. The van der Waals surface area contributed by atoms with Gasteiger partial charge in [0.05, 0.1) is 0 Å². The molecule has 2 aromatic rings. The van der Waals surface area contributed by atoms with Crippen molar-refractivity contribution in [3.63, 3.8) is 0 Å². The first-order valence-corrected chi connectivity index (χ1v) is 15.5. The Morgan fingerprint density at radius 3 is 1.00 bits per heavy atom. The smallest absolute Gasteiger partial charge is 0.507 e. The minimum Gasteiger partial charge on any atom is -0.507 e. The molecule has 0 aliphatic heterocycles. The van der Waals surface area contributed by atoms with Gasteiger partial charge >= 0.3 is 8.25 Å². The van der Waals surface area contributed by atoms with Gasteiger partial charge in [-0.1, -0.05) is 107 Å². The third-order valence-corrected chi connectivity index (χ3v) is 8.21. The average molecular weight is 574 g/mol. The SMILES string of the molecule is CC(Cc1cc(C(C)(C)C)c(O)c(C(C)(C)C)c1)O[P+](=O)OC(C)Cc1cc(C(C)(C)C)c(O)c(C(C)(C)C)c1. The standard InChI is InChI=1S/C34H53O5P/c1-21(15-23-17-25(31(3,4)5)29(35)26(18-23)32(6,7)8)38-40(37)39-22(2)16-24-19-27(33(9,10)11)30(36)28(20-24)34(12,13)14/h17-22H,15-16H2,1-14H3,(H-,35,36)/p+1. The Morgan fingerprint density at radius 2 is 0.800 bits per heavy atom. The number of benzene rings is 2. The highest BCUT2D eigenvalue weighted by molar-refractivity contribution is 7.33. The zero-order valence-corrected chi connectivity index (χ0v) is 28.3. The van der Waals surface area contributed by atoms with Gasteiger partial charge in [-0.15, -0.1) is 9.05 Å². The van der Waals surface area contributed by atoms with Gasteiger partial charge in [0.2, 0.25) is 0 Å². The van der Waals surface area contributed by atoms with Gasteiger partial charge in [-0.3, -0.25) is 0 Å². The lowest BCUT2D eigenvalue weighted by molar-refractivity contribution is 0.144. The molecule has 40 heavy (non-hydrogen) atoms. The number of rotatable bonds is 8. The van der Waals surface area contributed by atoms with Crippen molar-refractivity contribution in [1.82, 2.24) is 0 Å². The van der Waals surface area contributed by atoms with E-state index in [0.717, 1.165) is 33.4 Å². The van der Waals surface area contributed by atoms with Gasteiger partial charge in [0, 0.05) is 17.4 Å². The maximum absolute atomic E-state index is 12.9. The van der Waals surface area contributed by atoms with Gasteiger partial charge < -0.3 is 10.2 Å². The van der Waals surface area contributed by atoms with Crippen LogP contribution in [-0.4, -0.2) is 22.4 Å². The molecule has 2 unspecified atom stereocenters. The normalized spacial score (nSPS) is 15.2. The van der Waals surface area contributed by atoms with Crippen LogP contribution in [0.5, 0.6) is 11.5 Å². The van der Waals surface area contributed by atoms with E-state index in [1.165, 1.54) is 0 Å². The van der Waals surface area contributed by atoms with Crippen molar-refractivity contribution in [2.75, 3.05) is 0 Å². The molecule has 0 saturated heterocycles. The monoisotopic (exact) mass is 573 g/mol. The van der Waals surface area contributed by atoms with E-state index in [2.05, 4.69) is 83.1 Å². The number of aromatic hydroxyl groups is 2. The molecule has 0 heterocycles. The zero-order chi connectivity index (χ0) is 31.0. The fourth-order valence-corrected chi connectivity index (χ4v) is 5.75. The fourth-order valence-electron chi connectivity index (χ4n) is 4.97. The molecule has 0 saturated carbocycles. The summed E-state index contributed by atoms with van der Waals surface area (Å²) in [6.45, 7) is 28.9. The molecule has 0 amide bonds. The molecule has 2 rings (SSSR count). The highest BCUT2D eigenvalue weighted by Gasteiger charge is 2.32. The molecule has 0 spiro atoms. The van der Waals surface area contributed by atoms with E-state index in [0.29, 0.717) is 24.3 Å². The molecule has 2 aromatic carbocycles. The number of hydrogen-bond acceptors (Lipinski definition) is 5. The molecule has 0 radical (unpaired) electrons. The van der Waals surface area contributed by atoms with Crippen LogP contribution in [-0.2, 0) is 48.1 Å². The van der Waals surface area contributed by atoms with Gasteiger partial charge in [-0.05, 0) is 68.9 Å². The molecule has 0 aromatic heterocycles. The maximum Gasteiger partial charge on any atom is 0.697 e. The quantitative estimate of drug-likeness (QED) is 0.308. The Morgan fingerprint density at radius 1 is 0.575 bits per heavy atom. The van der Waals surface area contributed by atoms with Crippen molar-refractivity contribution in [2.45, 2.75) is 144 Å². The van der Waals surface area contributed by atoms with E-state index in [1.807, 2.05) is 38.1 Å². The first-order chi connectivity index (χ1) is 17.9. The number of hydrogen-bond donors (Lipinski definition) is 2. The molecule has 0 aliphatic rings. The van der Waals surface area contributed by atoms with Crippen molar-refractivity contribution >= 4 is 8.25 Å². The molecule has 0 aliphatic carbocycles. The molecule has 224 valence electrons. The Hall–Kier alpha value is -1.94. The van der Waals surface area contributed by atoms with Crippen molar-refractivity contribution < 1.29 is 23.8 Å². The Kier molecular flexibility index (Phi) is 10.4. The summed E-state index contributed by atoms with van der Waals surface area (Å²) in [7, 11) is -2.33. The predicted octanol–water partition coefficient (Wildman–Crippen LogP) is 9.54. The van der Waals surface area contributed by atoms with Crippen LogP contribution in [0.15, 0.2) is 24.3 Å². The summed E-state index contributed by atoms with van der Waals surface area (Å²) in [6, 6.07) is 8.13. The molecule has 0 fully saturated rings. The Labute approximate surface area is 244 Å². The zero-order valence-electron chi connectivity index (χ0n) is 27.4. The van der Waals surface area contributed by atoms with Crippen LogP contribution >= 0.6 is 8.25 Å². The molecule has 2 atom stereocenters. The minimum atomic E-state index is -2.33. The molecule has 6 heteroatoms. The first kappa shape index (κ1) is 34.3. The van der Waals surface area contributed by atoms with Crippen LogP contribution in [0.1, 0.15) is 130 Å². The molecular weight excluding hydrogens is 519 g/mol. The lowest BCUT2D eigenvalue weighted by atomic mass is 9.78. The predicted molar refractivity (Wildman–Crippen MR) is 167 cm³/mol. The lowest BCUT2D eigenvalue weighted by Crippen LogP contribution is -2.19. The van der Waals surface area contributed by atoms with Gasteiger partial charge in [0.1, 0.15) is 23.7 Å². The van der Waals surface area contributed by atoms with Gasteiger partial charge in [0.15, 0.2) is 0 Å². The molecule has 2 N–H and O–H groups in total. The highest BCUT2D eigenvalue weighted by Crippen LogP contribution is 2.42. The van der Waals surface area contributed by atoms with Gasteiger partial charge in [0.25, 0.3) is 0 Å². The summed E-state index contributed by atoms with van der Waals surface area (Å²) in [5.74, 6) is 0.693. The van der Waals surface area contributed by atoms with Gasteiger partial charge in [-0.25, -0.2) is 0 Å². The van der Waals surface area contributed by atoms with E-state index in [9.17, 15) is 14.8 Å². The number of phenolic OH excluding ortho intramolecular Hbond substituents is 2. The van der Waals surface area contributed by atoms with E-state index >= 15 is 0 Å². The Balaban J connectivity index is 2.18. The molecule has 0 bridgehead atoms. The van der Waals surface area contributed by atoms with Crippen LogP contribution < -0.4 is 0 Å². The lowest BCUT2D eigenvalue weighted by Gasteiger charge is -2.28. The van der Waals surface area contributed by atoms with Crippen LogP contribution in [0.25, 0.3) is 0 Å². The second-order valence-corrected chi connectivity index (χ2v) is 16.4. The van der Waals surface area contributed by atoms with E-state index in [-0.39, 0.29) is 33.9 Å². The third-order valence-electron chi connectivity index (χ3n) is 7.15. The Bertz CT molecular complexity index is 1040. The van der Waals surface area contributed by atoms with E-state index < -0.39 is 8.25 Å². The summed E-state index contributed by atoms with van der Waals surface area (Å²) in [5.41, 5.74) is 4.77. The summed E-state index contributed by atoms with van der Waals surface area (Å²) in [4.78, 5) is 0. The topological polar surface area (TPSA) is 76.0 Å². The summed E-state index contributed by atoms with van der Waals surface area (Å²) >= 11 is 0. The van der Waals surface area contributed by atoms with Gasteiger partial charge in [-0.2, -0.15) is 0 Å². The van der Waals surface area contributed by atoms with Crippen molar-refractivity contribution in [2.24, 2.45) is 0 Å². The average Bonchev–Trinajstić information content (AvgIpc) is 2.72. The highest BCUT2D eigenvalue weighted by atomic mass is 31.1. The minimum absolute atomic E-state index is 0.220. The second kappa shape index (κ2) is 12.1. The molecular formula is C34H54O5P+. The summed E-state index contributed by atoms with van der Waals surface area (Å²) in [5, 5.41) is 22.0. The second-order valence-electron chi connectivity index (χ2n) is 15.5. The van der Waals surface area contributed by atoms with Crippen LogP contribution in [0.2, 0.25) is 0 Å². The van der Waals surface area contributed by atoms with Crippen molar-refractivity contribution in [1.29, 1.82) is 0 Å². The molecule has 5 nitrogen and oxygen atoms in total. The summed E-state index contributed by atoms with van der Waals surface area (Å²) < 4.78 is 24.5. The first-order valence-electron chi connectivity index (χ1n) is 14.5. The van der Waals surface area contributed by atoms with Crippen LogP contribution in [0.4, 0.5) is 0 Å². The summed E-state index contributed by atoms with van der Waals surface area (Å²) in [6.07, 6.45) is 0.421.